The van der Waals surface area contributed by atoms with Gasteiger partial charge in [-0.2, -0.15) is 0 Å². The monoisotopic (exact) mass is 263 g/mol. The summed E-state index contributed by atoms with van der Waals surface area (Å²) in [5.41, 5.74) is 7.94. The summed E-state index contributed by atoms with van der Waals surface area (Å²) in [7, 11) is 0. The first-order chi connectivity index (χ1) is 8.79. The van der Waals surface area contributed by atoms with E-state index in [2.05, 4.69) is 30.1 Å². The Morgan fingerprint density at radius 2 is 1.89 bits per heavy atom. The molecular weight excluding hydrogens is 238 g/mol. The topological polar surface area (TPSA) is 58.4 Å². The number of hydrogen-bond donors (Lipinski definition) is 2. The van der Waals surface area contributed by atoms with Crippen LogP contribution in [0.2, 0.25) is 0 Å². The Bertz CT molecular complexity index is 445. The molecule has 1 rings (SSSR count). The van der Waals surface area contributed by atoms with E-state index in [1.165, 1.54) is 5.69 Å². The normalized spacial score (nSPS) is 11.3. The highest BCUT2D eigenvalue weighted by Gasteiger charge is 2.22. The van der Waals surface area contributed by atoms with E-state index in [0.29, 0.717) is 0 Å². The summed E-state index contributed by atoms with van der Waals surface area (Å²) >= 11 is 0. The molecule has 3 N–H and O–H groups in total. The Morgan fingerprint density at radius 1 is 1.32 bits per heavy atom. The molecule has 0 aliphatic carbocycles. The van der Waals surface area contributed by atoms with Gasteiger partial charge in [-0.3, -0.25) is 4.79 Å². The Morgan fingerprint density at radius 3 is 2.32 bits per heavy atom. The number of nitrogens with two attached hydrogens (primary N) is 1. The van der Waals surface area contributed by atoms with Gasteiger partial charge in [0.15, 0.2) is 0 Å². The third kappa shape index (κ3) is 3.96. The SMILES string of the molecule is CCN(CC)c1ccc(NC(=O)C(C)(C)N)c(C)c1. The molecule has 0 aromatic heterocycles. The van der Waals surface area contributed by atoms with E-state index >= 15 is 0 Å². The van der Waals surface area contributed by atoms with Crippen LogP contribution in [0.15, 0.2) is 18.2 Å². The van der Waals surface area contributed by atoms with Gasteiger partial charge in [0, 0.05) is 24.5 Å². The number of benzene rings is 1. The van der Waals surface area contributed by atoms with E-state index in [-0.39, 0.29) is 5.91 Å². The minimum atomic E-state index is -0.871. The van der Waals surface area contributed by atoms with E-state index in [9.17, 15) is 4.79 Å². The molecule has 0 spiro atoms. The molecule has 0 unspecified atom stereocenters. The third-order valence-corrected chi connectivity index (χ3v) is 3.17. The highest BCUT2D eigenvalue weighted by Crippen LogP contribution is 2.23. The van der Waals surface area contributed by atoms with Gasteiger partial charge < -0.3 is 16.0 Å². The summed E-state index contributed by atoms with van der Waals surface area (Å²) in [6.45, 7) is 11.6. The standard InChI is InChI=1S/C15H25N3O/c1-6-18(7-2)12-8-9-13(11(3)10-12)17-14(19)15(4,5)16/h8-10H,6-7,16H2,1-5H3,(H,17,19). The molecule has 0 atom stereocenters. The van der Waals surface area contributed by atoms with E-state index in [0.717, 1.165) is 24.3 Å². The molecule has 19 heavy (non-hydrogen) atoms. The van der Waals surface area contributed by atoms with Crippen molar-refractivity contribution in [2.24, 2.45) is 5.73 Å². The van der Waals surface area contributed by atoms with Crippen LogP contribution < -0.4 is 16.0 Å². The molecule has 0 aliphatic heterocycles. The molecule has 0 saturated heterocycles. The lowest BCUT2D eigenvalue weighted by Crippen LogP contribution is -2.45. The fourth-order valence-electron chi connectivity index (χ4n) is 1.86. The lowest BCUT2D eigenvalue weighted by atomic mass is 10.1. The predicted molar refractivity (Wildman–Crippen MR) is 81.6 cm³/mol. The summed E-state index contributed by atoms with van der Waals surface area (Å²) in [6, 6.07) is 6.05. The number of carbonyl (C=O) groups is 1. The van der Waals surface area contributed by atoms with Crippen molar-refractivity contribution in [3.63, 3.8) is 0 Å². The van der Waals surface area contributed by atoms with Crippen LogP contribution in [-0.4, -0.2) is 24.5 Å². The molecule has 1 amide bonds. The number of amides is 1. The first-order valence-corrected chi connectivity index (χ1v) is 6.75. The average Bonchev–Trinajstić information content (AvgIpc) is 2.32. The molecule has 0 bridgehead atoms. The van der Waals surface area contributed by atoms with Crippen LogP contribution in [0.3, 0.4) is 0 Å². The van der Waals surface area contributed by atoms with Crippen LogP contribution in [0.4, 0.5) is 11.4 Å². The first-order valence-electron chi connectivity index (χ1n) is 6.75. The van der Waals surface area contributed by atoms with Gasteiger partial charge >= 0.3 is 0 Å². The van der Waals surface area contributed by atoms with Gasteiger partial charge in [0.25, 0.3) is 0 Å². The average molecular weight is 263 g/mol. The van der Waals surface area contributed by atoms with E-state index in [1.807, 2.05) is 19.1 Å². The van der Waals surface area contributed by atoms with Crippen molar-refractivity contribution in [1.29, 1.82) is 0 Å². The number of anilines is 2. The lowest BCUT2D eigenvalue weighted by Gasteiger charge is -2.23. The fraction of sp³-hybridized carbons (Fsp3) is 0.533. The highest BCUT2D eigenvalue weighted by atomic mass is 16.2. The Hall–Kier alpha value is -1.55. The van der Waals surface area contributed by atoms with Gasteiger partial charge in [-0.1, -0.05) is 0 Å². The smallest absolute Gasteiger partial charge is 0.243 e. The van der Waals surface area contributed by atoms with Gasteiger partial charge in [0.1, 0.15) is 0 Å². The van der Waals surface area contributed by atoms with Crippen molar-refractivity contribution in [2.75, 3.05) is 23.3 Å². The summed E-state index contributed by atoms with van der Waals surface area (Å²) in [5.74, 6) is -0.175. The number of nitrogens with one attached hydrogen (secondary N) is 1. The minimum absolute atomic E-state index is 0.175. The van der Waals surface area contributed by atoms with Crippen LogP contribution in [0.1, 0.15) is 33.3 Å². The number of rotatable bonds is 5. The fourth-order valence-corrected chi connectivity index (χ4v) is 1.86. The summed E-state index contributed by atoms with van der Waals surface area (Å²) in [4.78, 5) is 14.1. The molecular formula is C15H25N3O. The van der Waals surface area contributed by atoms with Crippen molar-refractivity contribution in [3.05, 3.63) is 23.8 Å². The summed E-state index contributed by atoms with van der Waals surface area (Å²) in [6.07, 6.45) is 0. The molecule has 1 aromatic rings. The Kier molecular flexibility index (Phi) is 4.95. The second kappa shape index (κ2) is 6.06. The summed E-state index contributed by atoms with van der Waals surface area (Å²) < 4.78 is 0. The molecule has 0 saturated carbocycles. The second-order valence-electron chi connectivity index (χ2n) is 5.35. The van der Waals surface area contributed by atoms with Gasteiger partial charge in [0.2, 0.25) is 5.91 Å². The van der Waals surface area contributed by atoms with E-state index in [1.54, 1.807) is 13.8 Å². The van der Waals surface area contributed by atoms with Crippen LogP contribution in [0.5, 0.6) is 0 Å². The third-order valence-electron chi connectivity index (χ3n) is 3.17. The maximum atomic E-state index is 11.9. The molecule has 4 nitrogen and oxygen atoms in total. The molecule has 106 valence electrons. The molecule has 4 heteroatoms. The van der Waals surface area contributed by atoms with Gasteiger partial charge in [-0.25, -0.2) is 0 Å². The first kappa shape index (κ1) is 15.5. The second-order valence-corrected chi connectivity index (χ2v) is 5.35. The Balaban J connectivity index is 2.92. The van der Waals surface area contributed by atoms with Gasteiger partial charge in [0.05, 0.1) is 5.54 Å². The predicted octanol–water partition coefficient (Wildman–Crippen LogP) is 2.52. The number of aryl methyl sites for hydroxylation is 1. The minimum Gasteiger partial charge on any atom is -0.372 e. The van der Waals surface area contributed by atoms with Crippen molar-refractivity contribution in [1.82, 2.24) is 0 Å². The molecule has 0 fully saturated rings. The molecule has 0 radical (unpaired) electrons. The number of nitrogens with zero attached hydrogens (tertiary/aromatic N) is 1. The molecule has 1 aromatic carbocycles. The molecule has 0 aliphatic rings. The maximum absolute atomic E-state index is 11.9. The zero-order valence-electron chi connectivity index (χ0n) is 12.6. The van der Waals surface area contributed by atoms with E-state index < -0.39 is 5.54 Å². The van der Waals surface area contributed by atoms with Crippen molar-refractivity contribution in [2.45, 2.75) is 40.2 Å². The largest absolute Gasteiger partial charge is 0.372 e. The van der Waals surface area contributed by atoms with Crippen molar-refractivity contribution >= 4 is 17.3 Å². The lowest BCUT2D eigenvalue weighted by molar-refractivity contribution is -0.120. The van der Waals surface area contributed by atoms with Gasteiger partial charge in [-0.05, 0) is 58.4 Å². The zero-order valence-corrected chi connectivity index (χ0v) is 12.6. The summed E-state index contributed by atoms with van der Waals surface area (Å²) in [5, 5.41) is 2.87. The van der Waals surface area contributed by atoms with Crippen LogP contribution in [0, 0.1) is 6.92 Å². The zero-order chi connectivity index (χ0) is 14.6. The quantitative estimate of drug-likeness (QED) is 0.858. The highest BCUT2D eigenvalue weighted by molar-refractivity contribution is 5.98. The number of carbonyl (C=O) groups excluding carboxylic acids is 1. The van der Waals surface area contributed by atoms with Crippen LogP contribution >= 0.6 is 0 Å². The van der Waals surface area contributed by atoms with Crippen LogP contribution in [-0.2, 0) is 4.79 Å². The van der Waals surface area contributed by atoms with Gasteiger partial charge in [-0.15, -0.1) is 0 Å². The van der Waals surface area contributed by atoms with Crippen LogP contribution in [0.25, 0.3) is 0 Å². The number of hydrogen-bond acceptors (Lipinski definition) is 3. The van der Waals surface area contributed by atoms with E-state index in [4.69, 9.17) is 5.73 Å². The van der Waals surface area contributed by atoms with Crippen molar-refractivity contribution < 1.29 is 4.79 Å². The Labute approximate surface area is 116 Å². The molecule has 0 heterocycles. The maximum Gasteiger partial charge on any atom is 0.243 e. The van der Waals surface area contributed by atoms with Crippen molar-refractivity contribution in [3.8, 4) is 0 Å².